The van der Waals surface area contributed by atoms with E-state index in [9.17, 15) is 4.79 Å². The van der Waals surface area contributed by atoms with Crippen LogP contribution < -0.4 is 16.0 Å². The topological polar surface area (TPSA) is 96.2 Å². The number of fused-ring (bicyclic) bond motifs is 1. The number of nitrogens with one attached hydrogen (secondary N) is 3. The first-order valence-corrected chi connectivity index (χ1v) is 8.78. The number of aromatic nitrogens is 4. The highest BCUT2D eigenvalue weighted by atomic mass is 16.2. The van der Waals surface area contributed by atoms with Crippen molar-refractivity contribution in [3.63, 3.8) is 0 Å². The summed E-state index contributed by atoms with van der Waals surface area (Å²) in [5, 5.41) is 8.69. The summed E-state index contributed by atoms with van der Waals surface area (Å²) in [6, 6.07) is 11.1. The molecule has 3 aromatic heterocycles. The van der Waals surface area contributed by atoms with Crippen LogP contribution in [0.15, 0.2) is 67.4 Å². The number of hydrogen-bond acceptors (Lipinski definition) is 5. The number of rotatable bonds is 5. The van der Waals surface area contributed by atoms with Crippen LogP contribution in [-0.4, -0.2) is 32.4 Å². The van der Waals surface area contributed by atoms with Crippen molar-refractivity contribution in [1.29, 1.82) is 0 Å². The lowest BCUT2D eigenvalue weighted by atomic mass is 10.1. The van der Waals surface area contributed by atoms with Crippen molar-refractivity contribution in [3.8, 4) is 11.3 Å². The highest BCUT2D eigenvalue weighted by Crippen LogP contribution is 2.24. The van der Waals surface area contributed by atoms with Gasteiger partial charge in [-0.1, -0.05) is 12.1 Å². The Balaban J connectivity index is 1.45. The predicted octanol–water partition coefficient (Wildman–Crippen LogP) is 3.15. The fraction of sp³-hybridized carbons (Fsp3) is 0.100. The third-order valence-corrected chi connectivity index (χ3v) is 4.31. The van der Waals surface area contributed by atoms with E-state index in [4.69, 9.17) is 0 Å². The maximum atomic E-state index is 12.1. The Hall–Kier alpha value is -3.94. The molecule has 0 unspecified atom stereocenters. The first-order chi connectivity index (χ1) is 13.7. The monoisotopic (exact) mass is 373 g/mol. The van der Waals surface area contributed by atoms with Crippen LogP contribution in [-0.2, 0) is 6.54 Å². The van der Waals surface area contributed by atoms with Crippen LogP contribution in [0.2, 0.25) is 0 Å². The van der Waals surface area contributed by atoms with Crippen LogP contribution >= 0.6 is 0 Å². The molecule has 8 nitrogen and oxygen atoms in total. The minimum atomic E-state index is -0.260. The van der Waals surface area contributed by atoms with Gasteiger partial charge in [0.2, 0.25) is 0 Å². The van der Waals surface area contributed by atoms with Gasteiger partial charge in [0.1, 0.15) is 0 Å². The Bertz CT molecular complexity index is 1090. The van der Waals surface area contributed by atoms with Gasteiger partial charge >= 0.3 is 6.03 Å². The number of hydrogen-bond donors (Lipinski definition) is 3. The van der Waals surface area contributed by atoms with E-state index in [2.05, 4.69) is 30.9 Å². The van der Waals surface area contributed by atoms with E-state index in [-0.39, 0.29) is 6.03 Å². The van der Waals surface area contributed by atoms with Gasteiger partial charge in [-0.2, -0.15) is 0 Å². The molecular formula is C20H19N7O. The van der Waals surface area contributed by atoms with Gasteiger partial charge in [-0.3, -0.25) is 9.38 Å². The number of urea groups is 1. The molecule has 0 aliphatic carbocycles. The molecule has 0 saturated heterocycles. The second-order valence-electron chi connectivity index (χ2n) is 6.10. The summed E-state index contributed by atoms with van der Waals surface area (Å²) in [7, 11) is 1.82. The molecule has 28 heavy (non-hydrogen) atoms. The second-order valence-corrected chi connectivity index (χ2v) is 6.10. The smallest absolute Gasteiger partial charge is 0.319 e. The average molecular weight is 373 g/mol. The number of benzene rings is 1. The van der Waals surface area contributed by atoms with Crippen molar-refractivity contribution in [2.75, 3.05) is 17.7 Å². The van der Waals surface area contributed by atoms with Gasteiger partial charge in [-0.15, -0.1) is 0 Å². The molecule has 0 atom stereocenters. The van der Waals surface area contributed by atoms with Crippen LogP contribution in [0.3, 0.4) is 0 Å². The Morgan fingerprint density at radius 3 is 2.57 bits per heavy atom. The van der Waals surface area contributed by atoms with Gasteiger partial charge in [-0.05, 0) is 29.8 Å². The average Bonchev–Trinajstić information content (AvgIpc) is 3.18. The van der Waals surface area contributed by atoms with E-state index in [1.807, 2.05) is 60.2 Å². The standard InChI is InChI=1S/C20H19N7O/c1-21-18-19-24-13-17(27(19)11-10-23-18)15-2-4-16(5-3-15)26-20(28)25-12-14-6-8-22-9-7-14/h2-11,13H,12H2,1H3,(H,21,23)(H2,25,26,28). The zero-order chi connectivity index (χ0) is 19.3. The van der Waals surface area contributed by atoms with Crippen molar-refractivity contribution in [2.45, 2.75) is 6.54 Å². The third-order valence-electron chi connectivity index (χ3n) is 4.31. The molecule has 4 rings (SSSR count). The molecule has 0 fully saturated rings. The molecule has 0 radical (unpaired) electrons. The van der Waals surface area contributed by atoms with E-state index < -0.39 is 0 Å². The molecule has 0 aliphatic heterocycles. The van der Waals surface area contributed by atoms with Gasteiger partial charge in [-0.25, -0.2) is 14.8 Å². The van der Waals surface area contributed by atoms with Crippen LogP contribution in [0.1, 0.15) is 5.56 Å². The Kier molecular flexibility index (Phi) is 4.83. The summed E-state index contributed by atoms with van der Waals surface area (Å²) in [5.74, 6) is 0.720. The molecule has 2 amide bonds. The van der Waals surface area contributed by atoms with Crippen LogP contribution in [0.25, 0.3) is 16.9 Å². The molecular weight excluding hydrogens is 354 g/mol. The first kappa shape index (κ1) is 17.5. The highest BCUT2D eigenvalue weighted by molar-refractivity contribution is 5.89. The third kappa shape index (κ3) is 3.61. The molecule has 0 aliphatic rings. The lowest BCUT2D eigenvalue weighted by Crippen LogP contribution is -2.28. The largest absolute Gasteiger partial charge is 0.370 e. The minimum Gasteiger partial charge on any atom is -0.370 e. The number of amides is 2. The molecule has 1 aromatic carbocycles. The van der Waals surface area contributed by atoms with Gasteiger partial charge in [0.15, 0.2) is 11.5 Å². The molecule has 8 heteroatoms. The van der Waals surface area contributed by atoms with E-state index >= 15 is 0 Å². The minimum absolute atomic E-state index is 0.260. The quantitative estimate of drug-likeness (QED) is 0.499. The zero-order valence-electron chi connectivity index (χ0n) is 15.3. The lowest BCUT2D eigenvalue weighted by molar-refractivity contribution is 0.251. The summed E-state index contributed by atoms with van der Waals surface area (Å²) in [6.07, 6.45) is 8.80. The number of anilines is 2. The van der Waals surface area contributed by atoms with Crippen molar-refractivity contribution >= 4 is 23.2 Å². The second kappa shape index (κ2) is 7.75. The summed E-state index contributed by atoms with van der Waals surface area (Å²) in [6.45, 7) is 0.441. The predicted molar refractivity (Wildman–Crippen MR) is 108 cm³/mol. The normalized spacial score (nSPS) is 10.6. The van der Waals surface area contributed by atoms with Crippen LogP contribution in [0.4, 0.5) is 16.3 Å². The molecule has 140 valence electrons. The van der Waals surface area contributed by atoms with Crippen LogP contribution in [0, 0.1) is 0 Å². The number of carbonyl (C=O) groups is 1. The Morgan fingerprint density at radius 1 is 1.04 bits per heavy atom. The molecule has 3 heterocycles. The first-order valence-electron chi connectivity index (χ1n) is 8.78. The van der Waals surface area contributed by atoms with Crippen LogP contribution in [0.5, 0.6) is 0 Å². The molecule has 3 N–H and O–H groups in total. The number of pyridine rings is 1. The summed E-state index contributed by atoms with van der Waals surface area (Å²) < 4.78 is 1.97. The lowest BCUT2D eigenvalue weighted by Gasteiger charge is -2.09. The van der Waals surface area contributed by atoms with E-state index in [1.165, 1.54) is 0 Å². The molecule has 0 saturated carbocycles. The van der Waals surface area contributed by atoms with Crippen molar-refractivity contribution < 1.29 is 4.79 Å². The van der Waals surface area contributed by atoms with Crippen molar-refractivity contribution in [1.82, 2.24) is 24.7 Å². The number of nitrogens with zero attached hydrogens (tertiary/aromatic N) is 4. The van der Waals surface area contributed by atoms with E-state index in [0.717, 1.165) is 28.3 Å². The van der Waals surface area contributed by atoms with E-state index in [1.54, 1.807) is 18.6 Å². The number of carbonyl (C=O) groups excluding carboxylic acids is 1. The fourth-order valence-electron chi connectivity index (χ4n) is 2.89. The summed E-state index contributed by atoms with van der Waals surface area (Å²) in [4.78, 5) is 24.7. The van der Waals surface area contributed by atoms with Gasteiger partial charge < -0.3 is 16.0 Å². The fourth-order valence-corrected chi connectivity index (χ4v) is 2.89. The Morgan fingerprint density at radius 2 is 1.82 bits per heavy atom. The molecule has 4 aromatic rings. The summed E-state index contributed by atoms with van der Waals surface area (Å²) >= 11 is 0. The van der Waals surface area contributed by atoms with Gasteiger partial charge in [0.25, 0.3) is 0 Å². The van der Waals surface area contributed by atoms with Gasteiger partial charge in [0.05, 0.1) is 11.9 Å². The van der Waals surface area contributed by atoms with Crippen molar-refractivity contribution in [3.05, 3.63) is 72.9 Å². The maximum absolute atomic E-state index is 12.1. The molecule has 0 spiro atoms. The highest BCUT2D eigenvalue weighted by Gasteiger charge is 2.10. The van der Waals surface area contributed by atoms with Gasteiger partial charge in [0, 0.05) is 49.6 Å². The Labute approximate surface area is 161 Å². The number of imidazole rings is 1. The zero-order valence-corrected chi connectivity index (χ0v) is 15.3. The molecule has 0 bridgehead atoms. The maximum Gasteiger partial charge on any atom is 0.319 e. The SMILES string of the molecule is CNc1nccn2c(-c3ccc(NC(=O)NCc4ccncc4)cc3)cnc12. The van der Waals surface area contributed by atoms with Crippen molar-refractivity contribution in [2.24, 2.45) is 0 Å². The van der Waals surface area contributed by atoms with E-state index in [0.29, 0.717) is 12.2 Å². The summed E-state index contributed by atoms with van der Waals surface area (Å²) in [5.41, 5.74) is 4.40.